The van der Waals surface area contributed by atoms with E-state index in [9.17, 15) is 4.79 Å². The Balaban J connectivity index is 0.000000225. The fourth-order valence-corrected chi connectivity index (χ4v) is 1.91. The van der Waals surface area contributed by atoms with Crippen LogP contribution in [0.2, 0.25) is 0 Å². The second-order valence-electron chi connectivity index (χ2n) is 5.20. The second kappa shape index (κ2) is 8.87. The lowest BCUT2D eigenvalue weighted by Crippen LogP contribution is -2.21. The molecule has 1 aliphatic rings. The van der Waals surface area contributed by atoms with Gasteiger partial charge in [0.05, 0.1) is 0 Å². The zero-order valence-corrected chi connectivity index (χ0v) is 11.6. The summed E-state index contributed by atoms with van der Waals surface area (Å²) in [5, 5.41) is 3.28. The normalized spacial score (nSPS) is 14.8. The van der Waals surface area contributed by atoms with E-state index in [0.29, 0.717) is 12.3 Å². The molecule has 1 N–H and O–H groups in total. The van der Waals surface area contributed by atoms with Gasteiger partial charge < -0.3 is 5.32 Å². The highest BCUT2D eigenvalue weighted by Crippen LogP contribution is 2.08. The van der Waals surface area contributed by atoms with Crippen molar-refractivity contribution < 1.29 is 4.79 Å². The lowest BCUT2D eigenvalue weighted by atomic mass is 10.0. The van der Waals surface area contributed by atoms with E-state index in [-0.39, 0.29) is 5.78 Å². The standard InChI is InChI=1S/C11H14O.C5H11N/c1-9(2)8-11(12)10-6-4-3-5-7-10;1-2-4-6-5-3-1/h3-7,9H,8H2,1-2H3;6H,1-5H2. The lowest BCUT2D eigenvalue weighted by Gasteiger charge is -2.08. The van der Waals surface area contributed by atoms with Crippen LogP contribution in [0.5, 0.6) is 0 Å². The van der Waals surface area contributed by atoms with Gasteiger partial charge in [-0.05, 0) is 31.8 Å². The fourth-order valence-electron chi connectivity index (χ4n) is 1.91. The second-order valence-corrected chi connectivity index (χ2v) is 5.20. The smallest absolute Gasteiger partial charge is 0.163 e. The van der Waals surface area contributed by atoms with E-state index in [1.807, 2.05) is 30.3 Å². The van der Waals surface area contributed by atoms with Crippen molar-refractivity contribution in [2.75, 3.05) is 13.1 Å². The highest BCUT2D eigenvalue weighted by atomic mass is 16.1. The summed E-state index contributed by atoms with van der Waals surface area (Å²) in [6.45, 7) is 6.61. The molecule has 0 aromatic heterocycles. The Morgan fingerprint density at radius 1 is 1.11 bits per heavy atom. The molecule has 1 heterocycles. The van der Waals surface area contributed by atoms with Crippen LogP contribution in [0.1, 0.15) is 49.9 Å². The van der Waals surface area contributed by atoms with Gasteiger partial charge in [-0.15, -0.1) is 0 Å². The summed E-state index contributed by atoms with van der Waals surface area (Å²) < 4.78 is 0. The van der Waals surface area contributed by atoms with Gasteiger partial charge in [0.2, 0.25) is 0 Å². The van der Waals surface area contributed by atoms with Gasteiger partial charge in [0, 0.05) is 12.0 Å². The summed E-state index contributed by atoms with van der Waals surface area (Å²) in [6.07, 6.45) is 4.86. The van der Waals surface area contributed by atoms with Crippen molar-refractivity contribution in [3.8, 4) is 0 Å². The maximum absolute atomic E-state index is 11.5. The Bertz CT molecular complexity index is 317. The van der Waals surface area contributed by atoms with Crippen LogP contribution in [0, 0.1) is 5.92 Å². The number of nitrogens with one attached hydrogen (secondary N) is 1. The lowest BCUT2D eigenvalue weighted by molar-refractivity contribution is 0.0968. The maximum atomic E-state index is 11.5. The fraction of sp³-hybridized carbons (Fsp3) is 0.562. The number of carbonyl (C=O) groups is 1. The minimum absolute atomic E-state index is 0.241. The predicted octanol–water partition coefficient (Wildman–Crippen LogP) is 3.68. The number of rotatable bonds is 3. The predicted molar refractivity (Wildman–Crippen MR) is 76.9 cm³/mol. The molecule has 0 atom stereocenters. The molecule has 1 aromatic rings. The molecule has 2 nitrogen and oxygen atoms in total. The van der Waals surface area contributed by atoms with E-state index in [4.69, 9.17) is 0 Å². The van der Waals surface area contributed by atoms with Gasteiger partial charge in [-0.3, -0.25) is 4.79 Å². The summed E-state index contributed by atoms with van der Waals surface area (Å²) in [4.78, 5) is 11.5. The number of ketones is 1. The Morgan fingerprint density at radius 3 is 2.11 bits per heavy atom. The topological polar surface area (TPSA) is 29.1 Å². The Hall–Kier alpha value is -1.15. The average molecular weight is 247 g/mol. The van der Waals surface area contributed by atoms with Gasteiger partial charge in [0.15, 0.2) is 5.78 Å². The highest BCUT2D eigenvalue weighted by molar-refractivity contribution is 5.96. The molecule has 0 saturated carbocycles. The van der Waals surface area contributed by atoms with Crippen molar-refractivity contribution in [1.29, 1.82) is 0 Å². The molecule has 0 aliphatic carbocycles. The summed E-state index contributed by atoms with van der Waals surface area (Å²) in [5.41, 5.74) is 0.825. The monoisotopic (exact) mass is 247 g/mol. The van der Waals surface area contributed by atoms with Gasteiger partial charge in [0.1, 0.15) is 0 Å². The molecule has 0 radical (unpaired) electrons. The van der Waals surface area contributed by atoms with Gasteiger partial charge in [-0.1, -0.05) is 50.6 Å². The SMILES string of the molecule is C1CCNCC1.CC(C)CC(=O)c1ccccc1. The third-order valence-electron chi connectivity index (χ3n) is 2.90. The molecular weight excluding hydrogens is 222 g/mol. The zero-order valence-electron chi connectivity index (χ0n) is 11.6. The minimum atomic E-state index is 0.241. The van der Waals surface area contributed by atoms with E-state index in [1.165, 1.54) is 32.4 Å². The third-order valence-corrected chi connectivity index (χ3v) is 2.90. The third kappa shape index (κ3) is 6.55. The van der Waals surface area contributed by atoms with Gasteiger partial charge >= 0.3 is 0 Å². The average Bonchev–Trinajstić information content (AvgIpc) is 2.42. The molecule has 18 heavy (non-hydrogen) atoms. The Morgan fingerprint density at radius 2 is 1.72 bits per heavy atom. The summed E-state index contributed by atoms with van der Waals surface area (Å²) in [6, 6.07) is 9.45. The van der Waals surface area contributed by atoms with Crippen molar-refractivity contribution in [1.82, 2.24) is 5.32 Å². The van der Waals surface area contributed by atoms with Crippen molar-refractivity contribution in [3.63, 3.8) is 0 Å². The van der Waals surface area contributed by atoms with Crippen LogP contribution in [0.15, 0.2) is 30.3 Å². The molecule has 0 spiro atoms. The van der Waals surface area contributed by atoms with E-state index in [1.54, 1.807) is 0 Å². The van der Waals surface area contributed by atoms with Crippen molar-refractivity contribution in [2.24, 2.45) is 5.92 Å². The molecular formula is C16H25NO. The summed E-state index contributed by atoms with van der Waals surface area (Å²) in [5.74, 6) is 0.684. The van der Waals surface area contributed by atoms with Crippen molar-refractivity contribution in [3.05, 3.63) is 35.9 Å². The van der Waals surface area contributed by atoms with Gasteiger partial charge in [-0.2, -0.15) is 0 Å². The molecule has 1 fully saturated rings. The number of Topliss-reactive ketones (excluding diaryl/α,β-unsaturated/α-hetero) is 1. The first kappa shape index (κ1) is 14.9. The van der Waals surface area contributed by atoms with Crippen LogP contribution >= 0.6 is 0 Å². The summed E-state index contributed by atoms with van der Waals surface area (Å²) in [7, 11) is 0. The van der Waals surface area contributed by atoms with E-state index in [0.717, 1.165) is 5.56 Å². The first-order chi connectivity index (χ1) is 8.70. The van der Waals surface area contributed by atoms with E-state index < -0.39 is 0 Å². The molecule has 1 aliphatic heterocycles. The largest absolute Gasteiger partial charge is 0.317 e. The minimum Gasteiger partial charge on any atom is -0.317 e. The molecule has 1 aromatic carbocycles. The van der Waals surface area contributed by atoms with Crippen LogP contribution in [-0.4, -0.2) is 18.9 Å². The van der Waals surface area contributed by atoms with E-state index in [2.05, 4.69) is 19.2 Å². The summed E-state index contributed by atoms with van der Waals surface area (Å²) >= 11 is 0. The van der Waals surface area contributed by atoms with Crippen LogP contribution in [0.4, 0.5) is 0 Å². The number of piperidine rings is 1. The number of benzene rings is 1. The highest BCUT2D eigenvalue weighted by Gasteiger charge is 2.06. The van der Waals surface area contributed by atoms with Gasteiger partial charge in [-0.25, -0.2) is 0 Å². The first-order valence-electron chi connectivity index (χ1n) is 6.99. The van der Waals surface area contributed by atoms with E-state index >= 15 is 0 Å². The maximum Gasteiger partial charge on any atom is 0.163 e. The molecule has 2 heteroatoms. The van der Waals surface area contributed by atoms with Crippen LogP contribution in [0.3, 0.4) is 0 Å². The van der Waals surface area contributed by atoms with Crippen molar-refractivity contribution in [2.45, 2.75) is 39.5 Å². The molecule has 0 bridgehead atoms. The molecule has 100 valence electrons. The molecule has 0 unspecified atom stereocenters. The molecule has 1 saturated heterocycles. The molecule has 0 amide bonds. The number of hydrogen-bond donors (Lipinski definition) is 1. The van der Waals surface area contributed by atoms with Gasteiger partial charge in [0.25, 0.3) is 0 Å². The van der Waals surface area contributed by atoms with Crippen LogP contribution < -0.4 is 5.32 Å². The number of carbonyl (C=O) groups excluding carboxylic acids is 1. The van der Waals surface area contributed by atoms with Crippen LogP contribution in [-0.2, 0) is 0 Å². The van der Waals surface area contributed by atoms with Crippen LogP contribution in [0.25, 0.3) is 0 Å². The first-order valence-corrected chi connectivity index (χ1v) is 6.99. The molecule has 2 rings (SSSR count). The quantitative estimate of drug-likeness (QED) is 0.826. The Kier molecular flexibility index (Phi) is 7.35. The zero-order chi connectivity index (χ0) is 13.2. The Labute approximate surface area is 111 Å². The number of hydrogen-bond acceptors (Lipinski definition) is 2. The van der Waals surface area contributed by atoms with Crippen molar-refractivity contribution >= 4 is 5.78 Å².